The minimum absolute atomic E-state index is 0.0669. The molecule has 0 aliphatic carbocycles. The molecule has 1 amide bonds. The van der Waals surface area contributed by atoms with Crippen LogP contribution in [0, 0.1) is 12.3 Å². The van der Waals surface area contributed by atoms with Crippen LogP contribution in [0.3, 0.4) is 0 Å². The first-order valence-corrected chi connectivity index (χ1v) is 7.13. The number of amides is 1. The Balaban J connectivity index is 3.15. The van der Waals surface area contributed by atoms with E-state index in [-0.39, 0.29) is 13.2 Å². The maximum Gasteiger partial charge on any atom is 0.471 e. The van der Waals surface area contributed by atoms with E-state index in [2.05, 4.69) is 11.2 Å². The highest BCUT2D eigenvalue weighted by atomic mass is 19.4. The molecule has 0 bridgehead atoms. The summed E-state index contributed by atoms with van der Waals surface area (Å²) in [5, 5.41) is 4.93. The fourth-order valence-corrected chi connectivity index (χ4v) is 1.38. The number of terminal acetylenes is 1. The summed E-state index contributed by atoms with van der Waals surface area (Å²) >= 11 is 0. The third kappa shape index (κ3) is 13.7. The van der Waals surface area contributed by atoms with Crippen LogP contribution in [-0.4, -0.2) is 58.1 Å². The Morgan fingerprint density at radius 2 is 1.59 bits per heavy atom. The van der Waals surface area contributed by atoms with Crippen molar-refractivity contribution in [2.24, 2.45) is 0 Å². The molecule has 0 aliphatic rings. The maximum atomic E-state index is 11.8. The van der Waals surface area contributed by atoms with Gasteiger partial charge in [0.25, 0.3) is 0 Å². The molecule has 2 N–H and O–H groups in total. The third-order valence-corrected chi connectivity index (χ3v) is 2.47. The average molecular weight is 324 g/mol. The van der Waals surface area contributed by atoms with E-state index in [1.165, 1.54) is 0 Å². The monoisotopic (exact) mass is 324 g/mol. The normalized spacial score (nSPS) is 11.2. The minimum atomic E-state index is -4.83. The lowest BCUT2D eigenvalue weighted by Gasteiger charge is -2.08. The number of carbonyl (C=O) groups is 1. The number of ether oxygens (including phenoxy) is 2. The van der Waals surface area contributed by atoms with Crippen molar-refractivity contribution in [3.8, 4) is 12.3 Å². The van der Waals surface area contributed by atoms with E-state index >= 15 is 0 Å². The smallest absolute Gasteiger partial charge is 0.379 e. The van der Waals surface area contributed by atoms with Crippen LogP contribution >= 0.6 is 0 Å². The average Bonchev–Trinajstić information content (AvgIpc) is 2.46. The largest absolute Gasteiger partial charge is 0.471 e. The van der Waals surface area contributed by atoms with Gasteiger partial charge in [0.2, 0.25) is 0 Å². The molecule has 128 valence electrons. The second-order valence-corrected chi connectivity index (χ2v) is 4.39. The highest BCUT2D eigenvalue weighted by molar-refractivity contribution is 5.81. The molecule has 0 unspecified atom stereocenters. The Morgan fingerprint density at radius 3 is 2.14 bits per heavy atom. The molecule has 0 radical (unpaired) electrons. The zero-order chi connectivity index (χ0) is 16.7. The van der Waals surface area contributed by atoms with Gasteiger partial charge < -0.3 is 20.1 Å². The van der Waals surface area contributed by atoms with Crippen LogP contribution in [-0.2, 0) is 14.3 Å². The van der Waals surface area contributed by atoms with E-state index in [4.69, 9.17) is 15.9 Å². The third-order valence-electron chi connectivity index (χ3n) is 2.47. The Hall–Kier alpha value is -1.30. The summed E-state index contributed by atoms with van der Waals surface area (Å²) in [6, 6.07) is 0. The summed E-state index contributed by atoms with van der Waals surface area (Å²) in [4.78, 5) is 10.5. The lowest BCUT2D eigenvalue weighted by Crippen LogP contribution is -2.37. The molecule has 0 aliphatic heterocycles. The van der Waals surface area contributed by atoms with Crippen LogP contribution < -0.4 is 10.6 Å². The molecule has 0 aromatic carbocycles. The zero-order valence-corrected chi connectivity index (χ0v) is 12.5. The molecule has 5 nitrogen and oxygen atoms in total. The van der Waals surface area contributed by atoms with Crippen molar-refractivity contribution in [3.63, 3.8) is 0 Å². The van der Waals surface area contributed by atoms with Crippen LogP contribution in [0.2, 0.25) is 0 Å². The quantitative estimate of drug-likeness (QED) is 0.393. The van der Waals surface area contributed by atoms with Crippen LogP contribution in [0.4, 0.5) is 13.2 Å². The van der Waals surface area contributed by atoms with Crippen LogP contribution in [0.25, 0.3) is 0 Å². The van der Waals surface area contributed by atoms with Gasteiger partial charge in [0.05, 0.1) is 13.2 Å². The lowest BCUT2D eigenvalue weighted by molar-refractivity contribution is -0.173. The molecule has 22 heavy (non-hydrogen) atoms. The van der Waals surface area contributed by atoms with Gasteiger partial charge in [-0.2, -0.15) is 13.2 Å². The van der Waals surface area contributed by atoms with Crippen molar-refractivity contribution in [3.05, 3.63) is 0 Å². The predicted octanol–water partition coefficient (Wildman–Crippen LogP) is 1.09. The molecule has 0 spiro atoms. The first-order valence-electron chi connectivity index (χ1n) is 7.13. The first kappa shape index (κ1) is 20.7. The summed E-state index contributed by atoms with van der Waals surface area (Å²) in [5.41, 5.74) is 0. The second kappa shape index (κ2) is 13.4. The van der Waals surface area contributed by atoms with E-state index < -0.39 is 12.1 Å². The van der Waals surface area contributed by atoms with Crippen molar-refractivity contribution < 1.29 is 27.4 Å². The Bertz CT molecular complexity index is 330. The Morgan fingerprint density at radius 1 is 1.00 bits per heavy atom. The van der Waals surface area contributed by atoms with Crippen molar-refractivity contribution >= 4 is 5.91 Å². The summed E-state index contributed by atoms with van der Waals surface area (Å²) in [6.07, 6.45) is 2.17. The van der Waals surface area contributed by atoms with E-state index in [0.717, 1.165) is 19.5 Å². The summed E-state index contributed by atoms with van der Waals surface area (Å²) < 4.78 is 46.0. The lowest BCUT2D eigenvalue weighted by atomic mass is 10.4. The second-order valence-electron chi connectivity index (χ2n) is 4.39. The van der Waals surface area contributed by atoms with Gasteiger partial charge >= 0.3 is 12.1 Å². The molecule has 0 saturated carbocycles. The van der Waals surface area contributed by atoms with Gasteiger partial charge in [0.15, 0.2) is 0 Å². The molecule has 0 atom stereocenters. The number of hydrogen-bond donors (Lipinski definition) is 2. The molecule has 0 rings (SSSR count). The number of nitrogens with one attached hydrogen (secondary N) is 2. The molecule has 0 saturated heterocycles. The SMILES string of the molecule is C#CCCNCCCOCCOCCCNC(=O)C(F)(F)F. The maximum absolute atomic E-state index is 11.8. The fraction of sp³-hybridized carbons (Fsp3) is 0.786. The van der Waals surface area contributed by atoms with Gasteiger partial charge in [-0.1, -0.05) is 0 Å². The number of hydrogen-bond acceptors (Lipinski definition) is 4. The molecule has 0 aromatic heterocycles. The minimum Gasteiger partial charge on any atom is -0.379 e. The Labute approximate surface area is 128 Å². The molecule has 0 fully saturated rings. The van der Waals surface area contributed by atoms with E-state index in [0.29, 0.717) is 32.7 Å². The topological polar surface area (TPSA) is 59.6 Å². The van der Waals surface area contributed by atoms with Gasteiger partial charge in [0, 0.05) is 32.7 Å². The molecule has 8 heteroatoms. The van der Waals surface area contributed by atoms with E-state index in [9.17, 15) is 18.0 Å². The fourth-order valence-electron chi connectivity index (χ4n) is 1.38. The van der Waals surface area contributed by atoms with E-state index in [1.807, 2.05) is 0 Å². The standard InChI is InChI=1S/C14H23F3N2O3/c1-2-3-6-18-7-4-9-21-11-12-22-10-5-8-19-13(20)14(15,16)17/h1,18H,3-12H2,(H,19,20). The van der Waals surface area contributed by atoms with Crippen LogP contribution in [0.5, 0.6) is 0 Å². The first-order chi connectivity index (χ1) is 10.5. The van der Waals surface area contributed by atoms with Crippen molar-refractivity contribution in [2.45, 2.75) is 25.4 Å². The zero-order valence-electron chi connectivity index (χ0n) is 12.5. The number of rotatable bonds is 13. The highest BCUT2D eigenvalue weighted by Crippen LogP contribution is 2.13. The van der Waals surface area contributed by atoms with Crippen molar-refractivity contribution in [1.82, 2.24) is 10.6 Å². The van der Waals surface area contributed by atoms with Gasteiger partial charge in [-0.05, 0) is 19.4 Å². The number of carbonyl (C=O) groups excluding carboxylic acids is 1. The predicted molar refractivity (Wildman–Crippen MR) is 76.3 cm³/mol. The molecular weight excluding hydrogens is 301 g/mol. The Kier molecular flexibility index (Phi) is 12.6. The summed E-state index contributed by atoms with van der Waals surface area (Å²) in [6.45, 7) is 3.24. The summed E-state index contributed by atoms with van der Waals surface area (Å²) in [5.74, 6) is 0.607. The highest BCUT2D eigenvalue weighted by Gasteiger charge is 2.38. The molecule has 0 heterocycles. The van der Waals surface area contributed by atoms with Gasteiger partial charge in [-0.15, -0.1) is 12.3 Å². The van der Waals surface area contributed by atoms with Crippen molar-refractivity contribution in [1.29, 1.82) is 0 Å². The van der Waals surface area contributed by atoms with E-state index in [1.54, 1.807) is 5.32 Å². The van der Waals surface area contributed by atoms with Crippen molar-refractivity contribution in [2.75, 3.05) is 46.1 Å². The number of halogens is 3. The molecule has 0 aromatic rings. The molecular formula is C14H23F3N2O3. The number of alkyl halides is 3. The van der Waals surface area contributed by atoms with Crippen LogP contribution in [0.1, 0.15) is 19.3 Å². The van der Waals surface area contributed by atoms with Gasteiger partial charge in [-0.25, -0.2) is 0 Å². The summed E-state index contributed by atoms with van der Waals surface area (Å²) in [7, 11) is 0. The van der Waals surface area contributed by atoms with Crippen LogP contribution in [0.15, 0.2) is 0 Å². The van der Waals surface area contributed by atoms with Gasteiger partial charge in [-0.3, -0.25) is 4.79 Å². The van der Waals surface area contributed by atoms with Gasteiger partial charge in [0.1, 0.15) is 0 Å².